The molecule has 9 nitrogen and oxygen atoms in total. The molecule has 0 unspecified atom stereocenters. The summed E-state index contributed by atoms with van der Waals surface area (Å²) in [6.07, 6.45) is 8.79. The third-order valence-corrected chi connectivity index (χ3v) is 5.63. The molecule has 0 spiro atoms. The molecule has 0 aliphatic carbocycles. The van der Waals surface area contributed by atoms with Crippen LogP contribution >= 0.6 is 11.6 Å². The molecule has 2 amide bonds. The minimum Gasteiger partial charge on any atom is -0.493 e. The Hall–Kier alpha value is -3.98. The van der Waals surface area contributed by atoms with Gasteiger partial charge in [0.05, 0.1) is 36.3 Å². The number of fused-ring (bicyclic) bond motifs is 1. The zero-order valence-corrected chi connectivity index (χ0v) is 20.9. The van der Waals surface area contributed by atoms with Crippen LogP contribution in [0.2, 0.25) is 5.02 Å². The largest absolute Gasteiger partial charge is 0.493 e. The molecular formula is C26H28ClN5O4. The monoisotopic (exact) mass is 509 g/mol. The van der Waals surface area contributed by atoms with Gasteiger partial charge in [0.15, 0.2) is 11.5 Å². The number of nitrogens with zero attached hydrogens (tertiary/aromatic N) is 3. The standard InChI is InChI=1S/C26H28ClN5O4/c1-3-8-30-26(33)31-21-6-5-18(14-20(21)27)36-23-7-9-29-22-16-25(24(34-2)15-19(22)23)35-13-4-11-32-12-10-28-17-32/h5-7,9-10,12,14-17H,3-4,8,11,13H2,1-2H3,(H2,30,31,33). The molecule has 2 aromatic carbocycles. The van der Waals surface area contributed by atoms with Crippen LogP contribution in [0.3, 0.4) is 0 Å². The summed E-state index contributed by atoms with van der Waals surface area (Å²) in [4.78, 5) is 20.4. The number of hydrogen-bond donors (Lipinski definition) is 2. The number of aryl methyl sites for hydroxylation is 1. The van der Waals surface area contributed by atoms with E-state index in [2.05, 4.69) is 20.6 Å². The number of halogens is 1. The van der Waals surface area contributed by atoms with Gasteiger partial charge in [-0.25, -0.2) is 9.78 Å². The molecule has 188 valence electrons. The smallest absolute Gasteiger partial charge is 0.319 e. The first-order valence-corrected chi connectivity index (χ1v) is 12.0. The molecule has 0 bridgehead atoms. The van der Waals surface area contributed by atoms with Crippen molar-refractivity contribution < 1.29 is 19.0 Å². The molecular weight excluding hydrogens is 482 g/mol. The molecule has 4 aromatic rings. The Morgan fingerprint density at radius 3 is 2.75 bits per heavy atom. The van der Waals surface area contributed by atoms with Gasteiger partial charge in [0.1, 0.15) is 11.5 Å². The van der Waals surface area contributed by atoms with Crippen LogP contribution in [0, 0.1) is 0 Å². The summed E-state index contributed by atoms with van der Waals surface area (Å²) >= 11 is 6.38. The molecule has 2 N–H and O–H groups in total. The van der Waals surface area contributed by atoms with E-state index in [4.69, 9.17) is 25.8 Å². The van der Waals surface area contributed by atoms with E-state index in [-0.39, 0.29) is 6.03 Å². The Morgan fingerprint density at radius 2 is 2.00 bits per heavy atom. The second kappa shape index (κ2) is 12.1. The van der Waals surface area contributed by atoms with Crippen molar-refractivity contribution in [2.45, 2.75) is 26.3 Å². The van der Waals surface area contributed by atoms with Gasteiger partial charge in [0, 0.05) is 49.2 Å². The van der Waals surface area contributed by atoms with Gasteiger partial charge in [-0.3, -0.25) is 4.98 Å². The van der Waals surface area contributed by atoms with Gasteiger partial charge in [-0.2, -0.15) is 0 Å². The molecule has 0 saturated heterocycles. The average molecular weight is 510 g/mol. The van der Waals surface area contributed by atoms with E-state index in [9.17, 15) is 4.79 Å². The van der Waals surface area contributed by atoms with Crippen LogP contribution < -0.4 is 24.8 Å². The summed E-state index contributed by atoms with van der Waals surface area (Å²) in [5.41, 5.74) is 1.20. The predicted molar refractivity (Wildman–Crippen MR) is 139 cm³/mol. The number of imidazole rings is 1. The Morgan fingerprint density at radius 1 is 1.11 bits per heavy atom. The van der Waals surface area contributed by atoms with E-state index < -0.39 is 0 Å². The fraction of sp³-hybridized carbons (Fsp3) is 0.269. The number of rotatable bonds is 11. The highest BCUT2D eigenvalue weighted by Crippen LogP contribution is 2.38. The normalized spacial score (nSPS) is 10.8. The van der Waals surface area contributed by atoms with Crippen LogP contribution in [-0.2, 0) is 6.54 Å². The van der Waals surface area contributed by atoms with Crippen molar-refractivity contribution in [3.63, 3.8) is 0 Å². The van der Waals surface area contributed by atoms with Gasteiger partial charge in [0.25, 0.3) is 0 Å². The Bertz CT molecular complexity index is 1310. The zero-order chi connectivity index (χ0) is 25.3. The highest BCUT2D eigenvalue weighted by atomic mass is 35.5. The number of urea groups is 1. The summed E-state index contributed by atoms with van der Waals surface area (Å²) in [5, 5.41) is 6.61. The summed E-state index contributed by atoms with van der Waals surface area (Å²) in [5.74, 6) is 2.30. The number of aromatic nitrogens is 3. The molecule has 0 atom stereocenters. The second-order valence-electron chi connectivity index (χ2n) is 7.96. The number of carbonyl (C=O) groups is 1. The molecule has 0 aliphatic heterocycles. The van der Waals surface area contributed by atoms with E-state index >= 15 is 0 Å². The van der Waals surface area contributed by atoms with Crippen LogP contribution in [0.4, 0.5) is 10.5 Å². The van der Waals surface area contributed by atoms with Crippen LogP contribution in [0.1, 0.15) is 19.8 Å². The summed E-state index contributed by atoms with van der Waals surface area (Å²) in [6, 6.07) is 10.2. The third kappa shape index (κ3) is 6.37. The summed E-state index contributed by atoms with van der Waals surface area (Å²) in [7, 11) is 1.60. The highest BCUT2D eigenvalue weighted by molar-refractivity contribution is 6.33. The second-order valence-corrected chi connectivity index (χ2v) is 8.36. The lowest BCUT2D eigenvalue weighted by molar-refractivity contribution is 0.252. The van der Waals surface area contributed by atoms with E-state index in [1.165, 1.54) is 0 Å². The third-order valence-electron chi connectivity index (χ3n) is 5.32. The maximum atomic E-state index is 11.9. The molecule has 4 rings (SSSR count). The summed E-state index contributed by atoms with van der Waals surface area (Å²) < 4.78 is 19.7. The lowest BCUT2D eigenvalue weighted by Crippen LogP contribution is -2.29. The number of anilines is 1. The number of ether oxygens (including phenoxy) is 3. The molecule has 0 saturated carbocycles. The van der Waals surface area contributed by atoms with Crippen LogP contribution in [0.25, 0.3) is 10.9 Å². The average Bonchev–Trinajstić information content (AvgIpc) is 3.40. The number of amides is 2. The number of benzene rings is 2. The topological polar surface area (TPSA) is 99.5 Å². The van der Waals surface area contributed by atoms with Crippen molar-refractivity contribution in [2.24, 2.45) is 0 Å². The van der Waals surface area contributed by atoms with Gasteiger partial charge >= 0.3 is 6.03 Å². The van der Waals surface area contributed by atoms with E-state index in [0.29, 0.717) is 52.4 Å². The van der Waals surface area contributed by atoms with Crippen LogP contribution in [-0.4, -0.2) is 40.8 Å². The first kappa shape index (κ1) is 25.1. The van der Waals surface area contributed by atoms with Gasteiger partial charge in [-0.05, 0) is 37.1 Å². The summed E-state index contributed by atoms with van der Waals surface area (Å²) in [6.45, 7) is 3.90. The lowest BCUT2D eigenvalue weighted by Gasteiger charge is -2.15. The quantitative estimate of drug-likeness (QED) is 0.245. The Labute approximate surface area is 214 Å². The number of carbonyl (C=O) groups excluding carboxylic acids is 1. The number of pyridine rings is 1. The maximum absolute atomic E-state index is 11.9. The van der Waals surface area contributed by atoms with Crippen molar-refractivity contribution in [1.29, 1.82) is 0 Å². The number of nitrogens with one attached hydrogen (secondary N) is 2. The molecule has 0 radical (unpaired) electrons. The molecule has 10 heteroatoms. The van der Waals surface area contributed by atoms with Gasteiger partial charge < -0.3 is 29.4 Å². The molecule has 0 fully saturated rings. The number of methoxy groups -OCH3 is 1. The maximum Gasteiger partial charge on any atom is 0.319 e. The van der Waals surface area contributed by atoms with Crippen molar-refractivity contribution in [2.75, 3.05) is 25.6 Å². The molecule has 0 aliphatic rings. The Kier molecular flexibility index (Phi) is 8.46. The number of hydrogen-bond acceptors (Lipinski definition) is 6. The highest BCUT2D eigenvalue weighted by Gasteiger charge is 2.13. The van der Waals surface area contributed by atoms with Crippen molar-refractivity contribution in [3.8, 4) is 23.0 Å². The van der Waals surface area contributed by atoms with Gasteiger partial charge in [0.2, 0.25) is 0 Å². The first-order chi connectivity index (χ1) is 17.6. The molecule has 2 aromatic heterocycles. The van der Waals surface area contributed by atoms with E-state index in [0.717, 1.165) is 24.8 Å². The van der Waals surface area contributed by atoms with Crippen LogP contribution in [0.15, 0.2) is 61.3 Å². The fourth-order valence-electron chi connectivity index (χ4n) is 3.53. The van der Waals surface area contributed by atoms with Gasteiger partial charge in [-0.1, -0.05) is 18.5 Å². The van der Waals surface area contributed by atoms with E-state index in [1.54, 1.807) is 50.1 Å². The lowest BCUT2D eigenvalue weighted by atomic mass is 10.1. The minimum atomic E-state index is -0.306. The minimum absolute atomic E-state index is 0.306. The van der Waals surface area contributed by atoms with Crippen molar-refractivity contribution in [3.05, 3.63) is 66.3 Å². The first-order valence-electron chi connectivity index (χ1n) is 11.6. The fourth-order valence-corrected chi connectivity index (χ4v) is 3.75. The van der Waals surface area contributed by atoms with Crippen molar-refractivity contribution >= 4 is 34.2 Å². The molecule has 36 heavy (non-hydrogen) atoms. The SMILES string of the molecule is CCCNC(=O)Nc1ccc(Oc2ccnc3cc(OCCCn4ccnc4)c(OC)cc23)cc1Cl. The van der Waals surface area contributed by atoms with Gasteiger partial charge in [-0.15, -0.1) is 0 Å². The van der Waals surface area contributed by atoms with E-state index in [1.807, 2.05) is 29.8 Å². The molecule has 2 heterocycles. The van der Waals surface area contributed by atoms with Crippen LogP contribution in [0.5, 0.6) is 23.0 Å². The van der Waals surface area contributed by atoms with Crippen molar-refractivity contribution in [1.82, 2.24) is 19.9 Å². The predicted octanol–water partition coefficient (Wildman–Crippen LogP) is 5.89. The Balaban J connectivity index is 1.47. The zero-order valence-electron chi connectivity index (χ0n) is 20.2.